The number of para-hydroxylation sites is 3. The minimum absolute atomic E-state index is 0.139. The second-order valence-electron chi connectivity index (χ2n) is 6.36. The molecule has 0 aliphatic heterocycles. The summed E-state index contributed by atoms with van der Waals surface area (Å²) < 4.78 is 7.01. The Balaban J connectivity index is 2.38. The van der Waals surface area contributed by atoms with Gasteiger partial charge >= 0.3 is 0 Å². The number of hydrogen-bond donors (Lipinski definition) is 0. The third-order valence-electron chi connectivity index (χ3n) is 4.79. The van der Waals surface area contributed by atoms with Crippen molar-refractivity contribution in [1.29, 1.82) is 0 Å². The predicted molar refractivity (Wildman–Crippen MR) is 110 cm³/mol. The van der Waals surface area contributed by atoms with E-state index in [1.165, 1.54) is 9.47 Å². The summed E-state index contributed by atoms with van der Waals surface area (Å²) in [7, 11) is 3.23. The van der Waals surface area contributed by atoms with E-state index in [1.807, 2.05) is 25.1 Å². The van der Waals surface area contributed by atoms with Crippen molar-refractivity contribution in [3.8, 4) is 11.4 Å². The van der Waals surface area contributed by atoms with Gasteiger partial charge in [0, 0.05) is 7.05 Å². The average Bonchev–Trinajstić information content (AvgIpc) is 2.74. The van der Waals surface area contributed by atoms with Crippen LogP contribution in [0.25, 0.3) is 16.6 Å². The van der Waals surface area contributed by atoms with Crippen molar-refractivity contribution in [2.24, 2.45) is 0 Å². The molecule has 1 aromatic heterocycles. The van der Waals surface area contributed by atoms with Crippen molar-refractivity contribution in [3.63, 3.8) is 0 Å². The van der Waals surface area contributed by atoms with Crippen LogP contribution in [0.2, 0.25) is 0 Å². The van der Waals surface area contributed by atoms with E-state index in [1.54, 1.807) is 44.5 Å². The fraction of sp³-hybridized carbons (Fsp3) is 0.286. The highest BCUT2D eigenvalue weighted by Gasteiger charge is 2.26. The molecular formula is C21H22ClN3O3. The number of carbonyl (C=O) groups excluding carboxylic acids is 1. The van der Waals surface area contributed by atoms with Crippen LogP contribution in [0.5, 0.6) is 5.75 Å². The van der Waals surface area contributed by atoms with Crippen LogP contribution in [0.15, 0.2) is 53.3 Å². The van der Waals surface area contributed by atoms with Gasteiger partial charge in [-0.3, -0.25) is 14.2 Å². The maximum Gasteiger partial charge on any atom is 0.266 e. The molecule has 146 valence electrons. The molecule has 1 heterocycles. The molecule has 0 saturated heterocycles. The monoisotopic (exact) mass is 399 g/mol. The molecule has 0 aliphatic rings. The summed E-state index contributed by atoms with van der Waals surface area (Å²) >= 11 is 5.77. The molecule has 2 aromatic carbocycles. The summed E-state index contributed by atoms with van der Waals surface area (Å²) in [6.07, 6.45) is 0.569. The number of methoxy groups -OCH3 is 1. The minimum atomic E-state index is -0.423. The average molecular weight is 400 g/mol. The zero-order chi connectivity index (χ0) is 20.3. The number of fused-ring (bicyclic) bond motifs is 1. The standard InChI is InChI=1S/C21H22ClN3O3/c1-4-16(24(2)19(26)13-22)20-23-15-10-6-5-9-14(15)21(27)25(20)17-11-7-8-12-18(17)28-3/h5-12,16H,4,13H2,1-3H3. The normalized spacial score (nSPS) is 12.0. The minimum Gasteiger partial charge on any atom is -0.495 e. The molecule has 0 fully saturated rings. The predicted octanol–water partition coefficient (Wildman–Crippen LogP) is 3.54. The Kier molecular flexibility index (Phi) is 5.99. The zero-order valence-corrected chi connectivity index (χ0v) is 16.8. The molecular weight excluding hydrogens is 378 g/mol. The van der Waals surface area contributed by atoms with Crippen molar-refractivity contribution < 1.29 is 9.53 Å². The number of hydrogen-bond acceptors (Lipinski definition) is 4. The molecule has 0 radical (unpaired) electrons. The summed E-state index contributed by atoms with van der Waals surface area (Å²) in [5, 5.41) is 0.498. The van der Waals surface area contributed by atoms with Crippen molar-refractivity contribution in [3.05, 3.63) is 64.7 Å². The molecule has 7 heteroatoms. The number of halogens is 1. The van der Waals surface area contributed by atoms with Gasteiger partial charge in [-0.2, -0.15) is 0 Å². The Bertz CT molecular complexity index is 1060. The van der Waals surface area contributed by atoms with Crippen molar-refractivity contribution in [2.75, 3.05) is 20.0 Å². The fourth-order valence-corrected chi connectivity index (χ4v) is 3.51. The highest BCUT2D eigenvalue weighted by Crippen LogP contribution is 2.28. The summed E-state index contributed by atoms with van der Waals surface area (Å²) in [6, 6.07) is 14.0. The second kappa shape index (κ2) is 8.44. The van der Waals surface area contributed by atoms with Gasteiger partial charge in [-0.05, 0) is 30.7 Å². The van der Waals surface area contributed by atoms with Crippen LogP contribution in [0.4, 0.5) is 0 Å². The molecule has 3 rings (SSSR count). The molecule has 1 amide bonds. The third-order valence-corrected chi connectivity index (χ3v) is 5.02. The van der Waals surface area contributed by atoms with Crippen LogP contribution in [-0.4, -0.2) is 40.4 Å². The number of alkyl halides is 1. The fourth-order valence-electron chi connectivity index (χ4n) is 3.32. The van der Waals surface area contributed by atoms with Crippen LogP contribution < -0.4 is 10.3 Å². The van der Waals surface area contributed by atoms with Gasteiger partial charge in [0.05, 0.1) is 29.7 Å². The summed E-state index contributed by atoms with van der Waals surface area (Å²) in [4.78, 5) is 32.0. The number of rotatable bonds is 6. The van der Waals surface area contributed by atoms with Crippen LogP contribution in [0.3, 0.4) is 0 Å². The Morgan fingerprint density at radius 2 is 1.89 bits per heavy atom. The molecule has 0 N–H and O–H groups in total. The number of aromatic nitrogens is 2. The summed E-state index contributed by atoms with van der Waals surface area (Å²) in [5.41, 5.74) is 0.947. The first-order chi connectivity index (χ1) is 13.5. The molecule has 0 spiro atoms. The second-order valence-corrected chi connectivity index (χ2v) is 6.63. The van der Waals surface area contributed by atoms with Crippen molar-refractivity contribution in [1.82, 2.24) is 14.5 Å². The lowest BCUT2D eigenvalue weighted by atomic mass is 10.1. The number of nitrogens with zero attached hydrogens (tertiary/aromatic N) is 3. The molecule has 1 atom stereocenters. The lowest BCUT2D eigenvalue weighted by Crippen LogP contribution is -2.36. The number of ether oxygens (including phenoxy) is 1. The highest BCUT2D eigenvalue weighted by molar-refractivity contribution is 6.27. The Morgan fingerprint density at radius 1 is 1.21 bits per heavy atom. The first-order valence-corrected chi connectivity index (χ1v) is 9.53. The van der Waals surface area contributed by atoms with Gasteiger partial charge in [0.1, 0.15) is 17.5 Å². The Hall–Kier alpha value is -2.86. The topological polar surface area (TPSA) is 64.4 Å². The van der Waals surface area contributed by atoms with Crippen LogP contribution >= 0.6 is 11.6 Å². The van der Waals surface area contributed by atoms with Gasteiger partial charge in [0.2, 0.25) is 5.91 Å². The quantitative estimate of drug-likeness (QED) is 0.595. The maximum absolute atomic E-state index is 13.4. The number of amides is 1. The lowest BCUT2D eigenvalue weighted by Gasteiger charge is -2.29. The van der Waals surface area contributed by atoms with E-state index in [9.17, 15) is 9.59 Å². The van der Waals surface area contributed by atoms with Crippen LogP contribution in [0, 0.1) is 0 Å². The van der Waals surface area contributed by atoms with Crippen LogP contribution in [-0.2, 0) is 4.79 Å². The molecule has 0 bridgehead atoms. The lowest BCUT2D eigenvalue weighted by molar-refractivity contribution is -0.129. The van der Waals surface area contributed by atoms with Gasteiger partial charge in [-0.15, -0.1) is 11.6 Å². The Labute approximate surface area is 168 Å². The Morgan fingerprint density at radius 3 is 2.57 bits per heavy atom. The van der Waals surface area contributed by atoms with Gasteiger partial charge in [0.25, 0.3) is 5.56 Å². The van der Waals surface area contributed by atoms with Gasteiger partial charge < -0.3 is 9.64 Å². The van der Waals surface area contributed by atoms with Crippen LogP contribution in [0.1, 0.15) is 25.2 Å². The van der Waals surface area contributed by atoms with E-state index >= 15 is 0 Å². The largest absolute Gasteiger partial charge is 0.495 e. The molecule has 1 unspecified atom stereocenters. The van der Waals surface area contributed by atoms with Gasteiger partial charge in [0.15, 0.2) is 0 Å². The first-order valence-electron chi connectivity index (χ1n) is 9.00. The van der Waals surface area contributed by atoms with E-state index in [0.717, 1.165) is 0 Å². The zero-order valence-electron chi connectivity index (χ0n) is 16.1. The molecule has 0 aliphatic carbocycles. The molecule has 3 aromatic rings. The molecule has 0 saturated carbocycles. The molecule has 28 heavy (non-hydrogen) atoms. The number of carbonyl (C=O) groups is 1. The highest BCUT2D eigenvalue weighted by atomic mass is 35.5. The molecule has 6 nitrogen and oxygen atoms in total. The third kappa shape index (κ3) is 3.47. The van der Waals surface area contributed by atoms with E-state index in [-0.39, 0.29) is 17.3 Å². The van der Waals surface area contributed by atoms with E-state index < -0.39 is 6.04 Å². The van der Waals surface area contributed by atoms with Gasteiger partial charge in [-0.25, -0.2) is 4.98 Å². The van der Waals surface area contributed by atoms with E-state index in [2.05, 4.69) is 0 Å². The first kappa shape index (κ1) is 19.9. The van der Waals surface area contributed by atoms with Crippen molar-refractivity contribution in [2.45, 2.75) is 19.4 Å². The SMILES string of the molecule is CCC(c1nc2ccccc2c(=O)n1-c1ccccc1OC)N(C)C(=O)CCl. The number of benzene rings is 2. The maximum atomic E-state index is 13.4. The van der Waals surface area contributed by atoms with Gasteiger partial charge in [-0.1, -0.05) is 31.2 Å². The smallest absolute Gasteiger partial charge is 0.266 e. The van der Waals surface area contributed by atoms with Crippen molar-refractivity contribution >= 4 is 28.4 Å². The summed E-state index contributed by atoms with van der Waals surface area (Å²) in [5.74, 6) is 0.641. The summed E-state index contributed by atoms with van der Waals surface area (Å²) in [6.45, 7) is 1.94. The van der Waals surface area contributed by atoms with E-state index in [4.69, 9.17) is 21.3 Å². The van der Waals surface area contributed by atoms with E-state index in [0.29, 0.717) is 34.6 Å².